The summed E-state index contributed by atoms with van der Waals surface area (Å²) in [5.41, 5.74) is 3.32. The summed E-state index contributed by atoms with van der Waals surface area (Å²) in [6.07, 6.45) is 1.92. The molecule has 0 fully saturated rings. The molecule has 0 aliphatic rings. The maximum atomic E-state index is 4.68. The van der Waals surface area contributed by atoms with Crippen LogP contribution in [0.2, 0.25) is 0 Å². The van der Waals surface area contributed by atoms with Gasteiger partial charge in [0, 0.05) is 23.0 Å². The zero-order valence-electron chi connectivity index (χ0n) is 10.4. The van der Waals surface area contributed by atoms with Crippen LogP contribution in [-0.2, 0) is 0 Å². The summed E-state index contributed by atoms with van der Waals surface area (Å²) in [5.74, 6) is 0.925. The molecular weight excluding hydrogens is 196 g/mol. The molecule has 0 aliphatic heterocycles. The van der Waals surface area contributed by atoms with Gasteiger partial charge in [0.2, 0.25) is 0 Å². The Balaban J connectivity index is 2.56. The lowest BCUT2D eigenvalue weighted by molar-refractivity contribution is 0.818. The van der Waals surface area contributed by atoms with Gasteiger partial charge in [0.1, 0.15) is 0 Å². The molecule has 0 saturated carbocycles. The molecule has 0 aliphatic carbocycles. The zero-order chi connectivity index (χ0) is 11.7. The van der Waals surface area contributed by atoms with Crippen LogP contribution in [0.15, 0.2) is 24.4 Å². The predicted molar refractivity (Wildman–Crippen MR) is 67.7 cm³/mol. The van der Waals surface area contributed by atoms with Crippen molar-refractivity contribution >= 4 is 10.9 Å². The van der Waals surface area contributed by atoms with Crippen LogP contribution < -0.4 is 0 Å². The highest BCUT2D eigenvalue weighted by Gasteiger charge is 2.05. The van der Waals surface area contributed by atoms with Crippen LogP contribution in [0.5, 0.6) is 0 Å². The van der Waals surface area contributed by atoms with E-state index in [0.717, 1.165) is 22.3 Å². The van der Waals surface area contributed by atoms with Crippen molar-refractivity contribution in [2.45, 2.75) is 39.5 Å². The van der Waals surface area contributed by atoms with Gasteiger partial charge in [-0.1, -0.05) is 27.7 Å². The zero-order valence-corrected chi connectivity index (χ0v) is 10.4. The third kappa shape index (κ3) is 2.06. The Morgan fingerprint density at radius 2 is 1.62 bits per heavy atom. The van der Waals surface area contributed by atoms with Crippen LogP contribution in [0.1, 0.15) is 50.9 Å². The fourth-order valence-electron chi connectivity index (χ4n) is 1.68. The van der Waals surface area contributed by atoms with Crippen LogP contribution in [0.3, 0.4) is 0 Å². The number of rotatable bonds is 2. The molecule has 2 rings (SSSR count). The largest absolute Gasteiger partial charge is 0.260 e. The van der Waals surface area contributed by atoms with Crippen molar-refractivity contribution in [2.75, 3.05) is 0 Å². The highest BCUT2D eigenvalue weighted by atomic mass is 14.7. The minimum absolute atomic E-state index is 0.453. The van der Waals surface area contributed by atoms with E-state index in [2.05, 4.69) is 55.9 Å². The van der Waals surface area contributed by atoms with Gasteiger partial charge in [-0.25, -0.2) is 0 Å². The molecule has 0 unspecified atom stereocenters. The van der Waals surface area contributed by atoms with Gasteiger partial charge in [-0.2, -0.15) is 0 Å². The Morgan fingerprint density at radius 3 is 2.25 bits per heavy atom. The monoisotopic (exact) mass is 214 g/mol. The molecule has 2 heterocycles. The number of hydrogen-bond donors (Lipinski definition) is 0. The topological polar surface area (TPSA) is 25.8 Å². The van der Waals surface area contributed by atoms with E-state index in [4.69, 9.17) is 0 Å². The Bertz CT molecular complexity index is 458. The molecule has 2 nitrogen and oxygen atoms in total. The van der Waals surface area contributed by atoms with E-state index in [0.29, 0.717) is 11.8 Å². The molecule has 0 N–H and O–H groups in total. The van der Waals surface area contributed by atoms with Crippen molar-refractivity contribution in [3.8, 4) is 0 Å². The molecule has 84 valence electrons. The molecule has 0 aromatic carbocycles. The van der Waals surface area contributed by atoms with E-state index in [-0.39, 0.29) is 0 Å². The predicted octanol–water partition coefficient (Wildman–Crippen LogP) is 3.88. The molecule has 0 amide bonds. The maximum absolute atomic E-state index is 4.68. The minimum atomic E-state index is 0.453. The van der Waals surface area contributed by atoms with Gasteiger partial charge in [-0.05, 0) is 30.0 Å². The Labute approximate surface area is 96.7 Å². The molecule has 2 aromatic rings. The van der Waals surface area contributed by atoms with Crippen LogP contribution in [0, 0.1) is 0 Å². The first-order valence-electron chi connectivity index (χ1n) is 5.84. The molecule has 2 heteroatoms. The average Bonchev–Trinajstić information content (AvgIpc) is 2.27. The SMILES string of the molecule is CC(C)c1cc2nc(C(C)C)ccc2cn1. The summed E-state index contributed by atoms with van der Waals surface area (Å²) in [6, 6.07) is 6.30. The molecular formula is C14H18N2. The fourth-order valence-corrected chi connectivity index (χ4v) is 1.68. The number of pyridine rings is 2. The molecule has 0 bridgehead atoms. The van der Waals surface area contributed by atoms with Gasteiger partial charge in [0.05, 0.1) is 5.52 Å². The Hall–Kier alpha value is -1.44. The fraction of sp³-hybridized carbons (Fsp3) is 0.429. The van der Waals surface area contributed by atoms with E-state index in [1.165, 1.54) is 0 Å². The quantitative estimate of drug-likeness (QED) is 0.758. The minimum Gasteiger partial charge on any atom is -0.260 e. The van der Waals surface area contributed by atoms with E-state index in [9.17, 15) is 0 Å². The third-order valence-corrected chi connectivity index (χ3v) is 2.80. The first-order chi connectivity index (χ1) is 7.58. The lowest BCUT2D eigenvalue weighted by Gasteiger charge is -2.08. The van der Waals surface area contributed by atoms with Crippen molar-refractivity contribution in [2.24, 2.45) is 0 Å². The van der Waals surface area contributed by atoms with Gasteiger partial charge < -0.3 is 0 Å². The van der Waals surface area contributed by atoms with E-state index in [1.54, 1.807) is 0 Å². The highest BCUT2D eigenvalue weighted by molar-refractivity contribution is 5.78. The molecule has 0 atom stereocenters. The second kappa shape index (κ2) is 4.20. The number of fused-ring (bicyclic) bond motifs is 1. The summed E-state index contributed by atoms with van der Waals surface area (Å²) < 4.78 is 0. The van der Waals surface area contributed by atoms with Crippen molar-refractivity contribution < 1.29 is 0 Å². The second-order valence-electron chi connectivity index (χ2n) is 4.85. The van der Waals surface area contributed by atoms with E-state index >= 15 is 0 Å². The second-order valence-corrected chi connectivity index (χ2v) is 4.85. The maximum Gasteiger partial charge on any atom is 0.0739 e. The molecule has 0 spiro atoms. The van der Waals surface area contributed by atoms with Crippen molar-refractivity contribution in [3.63, 3.8) is 0 Å². The number of nitrogens with zero attached hydrogens (tertiary/aromatic N) is 2. The van der Waals surface area contributed by atoms with Gasteiger partial charge >= 0.3 is 0 Å². The summed E-state index contributed by atoms with van der Waals surface area (Å²) in [7, 11) is 0. The average molecular weight is 214 g/mol. The lowest BCUT2D eigenvalue weighted by Crippen LogP contribution is -1.96. The highest BCUT2D eigenvalue weighted by Crippen LogP contribution is 2.20. The first kappa shape index (κ1) is 11.1. The van der Waals surface area contributed by atoms with Gasteiger partial charge in [-0.3, -0.25) is 9.97 Å². The third-order valence-electron chi connectivity index (χ3n) is 2.80. The Morgan fingerprint density at radius 1 is 0.938 bits per heavy atom. The number of aromatic nitrogens is 2. The van der Waals surface area contributed by atoms with Crippen molar-refractivity contribution in [1.82, 2.24) is 9.97 Å². The normalized spacial score (nSPS) is 11.6. The number of hydrogen-bond acceptors (Lipinski definition) is 2. The van der Waals surface area contributed by atoms with Crippen LogP contribution in [0.25, 0.3) is 10.9 Å². The van der Waals surface area contributed by atoms with Crippen LogP contribution in [-0.4, -0.2) is 9.97 Å². The van der Waals surface area contributed by atoms with Crippen LogP contribution >= 0.6 is 0 Å². The van der Waals surface area contributed by atoms with Gasteiger partial charge in [0.25, 0.3) is 0 Å². The van der Waals surface area contributed by atoms with E-state index in [1.807, 2.05) is 6.20 Å². The standard InChI is InChI=1S/C14H18N2/c1-9(2)12-6-5-11-8-15-13(10(3)4)7-14(11)16-12/h5-10H,1-4H3. The van der Waals surface area contributed by atoms with Crippen molar-refractivity contribution in [1.29, 1.82) is 0 Å². The van der Waals surface area contributed by atoms with Crippen molar-refractivity contribution in [3.05, 3.63) is 35.8 Å². The summed E-state index contributed by atoms with van der Waals surface area (Å²) in [4.78, 5) is 9.12. The van der Waals surface area contributed by atoms with Gasteiger partial charge in [-0.15, -0.1) is 0 Å². The molecule has 16 heavy (non-hydrogen) atoms. The van der Waals surface area contributed by atoms with Crippen LogP contribution in [0.4, 0.5) is 0 Å². The summed E-state index contributed by atoms with van der Waals surface area (Å²) in [6.45, 7) is 8.64. The summed E-state index contributed by atoms with van der Waals surface area (Å²) >= 11 is 0. The molecule has 2 aromatic heterocycles. The van der Waals surface area contributed by atoms with Gasteiger partial charge in [0.15, 0.2) is 0 Å². The smallest absolute Gasteiger partial charge is 0.0739 e. The lowest BCUT2D eigenvalue weighted by atomic mass is 10.1. The molecule has 0 radical (unpaired) electrons. The van der Waals surface area contributed by atoms with E-state index < -0.39 is 0 Å². The summed E-state index contributed by atoms with van der Waals surface area (Å²) in [5, 5.41) is 1.12. The Kier molecular flexibility index (Phi) is 2.90. The first-order valence-corrected chi connectivity index (χ1v) is 5.84. The molecule has 0 saturated heterocycles.